The van der Waals surface area contributed by atoms with Gasteiger partial charge in [-0.05, 0) is 34.2 Å². The molecule has 1 aromatic heterocycles. The zero-order valence-electron chi connectivity index (χ0n) is 15.3. The van der Waals surface area contributed by atoms with Gasteiger partial charge in [-0.2, -0.15) is 4.68 Å². The molecule has 0 atom stereocenters. The second-order valence-corrected chi connectivity index (χ2v) is 7.01. The summed E-state index contributed by atoms with van der Waals surface area (Å²) in [4.78, 5) is 0. The number of rotatable bonds is 7. The zero-order valence-corrected chi connectivity index (χ0v) is 16.8. The van der Waals surface area contributed by atoms with Crippen molar-refractivity contribution >= 4 is 29.2 Å². The van der Waals surface area contributed by atoms with Crippen molar-refractivity contribution < 1.29 is 4.74 Å². The molecule has 29 heavy (non-hydrogen) atoms. The van der Waals surface area contributed by atoms with E-state index >= 15 is 0 Å². The van der Waals surface area contributed by atoms with Gasteiger partial charge in [-0.3, -0.25) is 0 Å². The summed E-state index contributed by atoms with van der Waals surface area (Å²) in [6, 6.07) is 23.2. The van der Waals surface area contributed by atoms with E-state index in [4.69, 9.17) is 27.9 Å². The molecule has 0 amide bonds. The minimum Gasteiger partial charge on any atom is -0.489 e. The summed E-state index contributed by atoms with van der Waals surface area (Å²) in [7, 11) is 0. The molecule has 0 aliphatic rings. The van der Waals surface area contributed by atoms with Crippen LogP contribution in [-0.2, 0) is 13.2 Å². The van der Waals surface area contributed by atoms with Gasteiger partial charge >= 0.3 is 0 Å². The lowest BCUT2D eigenvalue weighted by molar-refractivity contribution is 0.303. The number of halogens is 2. The number of ether oxygens (including phenoxy) is 1. The fourth-order valence-electron chi connectivity index (χ4n) is 2.82. The maximum atomic E-state index is 6.30. The molecule has 0 radical (unpaired) electrons. The molecule has 0 fully saturated rings. The number of tetrazole rings is 1. The maximum Gasteiger partial charge on any atom is 0.248 e. The fourth-order valence-corrected chi connectivity index (χ4v) is 3.19. The number of hydrogen-bond donors (Lipinski definition) is 1. The Morgan fingerprint density at radius 2 is 1.69 bits per heavy atom. The molecule has 6 nitrogen and oxygen atoms in total. The molecule has 4 rings (SSSR count). The minimum atomic E-state index is 0.385. The second-order valence-electron chi connectivity index (χ2n) is 6.22. The van der Waals surface area contributed by atoms with E-state index in [-0.39, 0.29) is 0 Å². The quantitative estimate of drug-likeness (QED) is 0.442. The van der Waals surface area contributed by atoms with Crippen LogP contribution in [0.2, 0.25) is 10.0 Å². The Morgan fingerprint density at radius 1 is 0.897 bits per heavy atom. The van der Waals surface area contributed by atoms with Crippen molar-refractivity contribution in [3.8, 4) is 11.4 Å². The third-order valence-electron chi connectivity index (χ3n) is 4.28. The predicted molar refractivity (Wildman–Crippen MR) is 114 cm³/mol. The third-order valence-corrected chi connectivity index (χ3v) is 5.08. The lowest BCUT2D eigenvalue weighted by atomic mass is 10.2. The van der Waals surface area contributed by atoms with Gasteiger partial charge in [0.25, 0.3) is 0 Å². The van der Waals surface area contributed by atoms with Crippen molar-refractivity contribution in [2.45, 2.75) is 13.2 Å². The molecule has 1 heterocycles. The first-order valence-electron chi connectivity index (χ1n) is 8.93. The van der Waals surface area contributed by atoms with Gasteiger partial charge in [-0.25, -0.2) is 0 Å². The van der Waals surface area contributed by atoms with Crippen LogP contribution in [0.5, 0.6) is 5.75 Å². The van der Waals surface area contributed by atoms with Gasteiger partial charge in [-0.15, -0.1) is 0 Å². The summed E-state index contributed by atoms with van der Waals surface area (Å²) in [6.45, 7) is 0.969. The van der Waals surface area contributed by atoms with E-state index in [1.54, 1.807) is 18.2 Å². The molecule has 0 aliphatic carbocycles. The summed E-state index contributed by atoms with van der Waals surface area (Å²) >= 11 is 12.4. The van der Waals surface area contributed by atoms with Gasteiger partial charge in [0.05, 0.1) is 15.7 Å². The van der Waals surface area contributed by atoms with Crippen LogP contribution in [0.4, 0.5) is 5.95 Å². The molecular weight excluding hydrogens is 409 g/mol. The van der Waals surface area contributed by atoms with E-state index in [1.807, 2.05) is 54.6 Å². The predicted octanol–water partition coefficient (Wildman–Crippen LogP) is 5.16. The maximum absolute atomic E-state index is 6.30. The first-order valence-corrected chi connectivity index (χ1v) is 9.69. The number of nitrogens with zero attached hydrogens (tertiary/aromatic N) is 4. The van der Waals surface area contributed by atoms with E-state index in [0.29, 0.717) is 34.8 Å². The van der Waals surface area contributed by atoms with E-state index in [0.717, 1.165) is 16.9 Å². The second kappa shape index (κ2) is 8.94. The molecule has 0 bridgehead atoms. The summed E-state index contributed by atoms with van der Waals surface area (Å²) in [6.07, 6.45) is 0. The highest BCUT2D eigenvalue weighted by Crippen LogP contribution is 2.29. The van der Waals surface area contributed by atoms with Crippen molar-refractivity contribution in [3.05, 3.63) is 94.0 Å². The Hall–Kier alpha value is -3.09. The standard InChI is InChI=1S/C21H17Cl2N5O/c22-17-10-6-11-18(20(17)23)28-21(25-26-27-28)24-13-16-9-4-5-12-19(16)29-14-15-7-2-1-3-8-15/h1-12H,13-14H2,(H,24,25,27). The molecule has 0 aliphatic heterocycles. The van der Waals surface area contributed by atoms with Crippen molar-refractivity contribution in [2.75, 3.05) is 5.32 Å². The smallest absolute Gasteiger partial charge is 0.248 e. The molecule has 0 saturated heterocycles. The Labute approximate surface area is 178 Å². The number of hydrogen-bond acceptors (Lipinski definition) is 5. The van der Waals surface area contributed by atoms with Crippen LogP contribution in [0, 0.1) is 0 Å². The van der Waals surface area contributed by atoms with Crippen LogP contribution >= 0.6 is 23.2 Å². The molecule has 3 aromatic carbocycles. The van der Waals surface area contributed by atoms with Gasteiger partial charge in [0, 0.05) is 12.1 Å². The lowest BCUT2D eigenvalue weighted by Gasteiger charge is -2.13. The first kappa shape index (κ1) is 19.2. The van der Waals surface area contributed by atoms with E-state index in [9.17, 15) is 0 Å². The van der Waals surface area contributed by atoms with Crippen LogP contribution in [0.15, 0.2) is 72.8 Å². The monoisotopic (exact) mass is 425 g/mol. The van der Waals surface area contributed by atoms with Gasteiger partial charge < -0.3 is 10.1 Å². The van der Waals surface area contributed by atoms with Crippen molar-refractivity contribution in [3.63, 3.8) is 0 Å². The third kappa shape index (κ3) is 4.50. The molecule has 1 N–H and O–H groups in total. The van der Waals surface area contributed by atoms with Gasteiger partial charge in [0.15, 0.2) is 0 Å². The molecule has 0 unspecified atom stereocenters. The van der Waals surface area contributed by atoms with Crippen molar-refractivity contribution in [1.29, 1.82) is 0 Å². The first-order chi connectivity index (χ1) is 14.2. The molecule has 0 spiro atoms. The largest absolute Gasteiger partial charge is 0.489 e. The van der Waals surface area contributed by atoms with Crippen LogP contribution < -0.4 is 10.1 Å². The minimum absolute atomic E-state index is 0.385. The number of anilines is 1. The molecule has 8 heteroatoms. The Bertz CT molecular complexity index is 1100. The fraction of sp³-hybridized carbons (Fsp3) is 0.0952. The van der Waals surface area contributed by atoms with Gasteiger partial charge in [0.1, 0.15) is 12.4 Å². The number of aromatic nitrogens is 4. The highest BCUT2D eigenvalue weighted by atomic mass is 35.5. The summed E-state index contributed by atoms with van der Waals surface area (Å²) in [5, 5.41) is 15.9. The topological polar surface area (TPSA) is 64.9 Å². The normalized spacial score (nSPS) is 10.7. The van der Waals surface area contributed by atoms with E-state index in [2.05, 4.69) is 20.8 Å². The Balaban J connectivity index is 1.49. The number of para-hydroxylation sites is 1. The average molecular weight is 426 g/mol. The van der Waals surface area contributed by atoms with Crippen LogP contribution in [0.1, 0.15) is 11.1 Å². The van der Waals surface area contributed by atoms with Crippen molar-refractivity contribution in [2.24, 2.45) is 0 Å². The number of nitrogens with one attached hydrogen (secondary N) is 1. The van der Waals surface area contributed by atoms with Crippen LogP contribution in [0.3, 0.4) is 0 Å². The lowest BCUT2D eigenvalue weighted by Crippen LogP contribution is -2.09. The molecular formula is C21H17Cl2N5O. The summed E-state index contributed by atoms with van der Waals surface area (Å²) in [5.74, 6) is 1.25. The average Bonchev–Trinajstić information content (AvgIpc) is 3.22. The molecule has 4 aromatic rings. The van der Waals surface area contributed by atoms with Crippen LogP contribution in [-0.4, -0.2) is 20.2 Å². The van der Waals surface area contributed by atoms with Crippen molar-refractivity contribution in [1.82, 2.24) is 20.2 Å². The molecule has 0 saturated carbocycles. The summed E-state index contributed by atoms with van der Waals surface area (Å²) in [5.41, 5.74) is 2.69. The van der Waals surface area contributed by atoms with Gasteiger partial charge in [-0.1, -0.05) is 82.9 Å². The number of benzene rings is 3. The van der Waals surface area contributed by atoms with E-state index in [1.165, 1.54) is 4.68 Å². The molecule has 146 valence electrons. The highest BCUT2D eigenvalue weighted by Gasteiger charge is 2.14. The highest BCUT2D eigenvalue weighted by molar-refractivity contribution is 6.43. The van der Waals surface area contributed by atoms with Gasteiger partial charge in [0.2, 0.25) is 5.95 Å². The van der Waals surface area contributed by atoms with E-state index < -0.39 is 0 Å². The Morgan fingerprint density at radius 3 is 2.55 bits per heavy atom. The Kier molecular flexibility index (Phi) is 5.93. The SMILES string of the molecule is Clc1cccc(-n2nnnc2NCc2ccccc2OCc2ccccc2)c1Cl. The zero-order chi connectivity index (χ0) is 20.1. The summed E-state index contributed by atoms with van der Waals surface area (Å²) < 4.78 is 7.52. The van der Waals surface area contributed by atoms with Crippen LogP contribution in [0.25, 0.3) is 5.69 Å².